The van der Waals surface area contributed by atoms with Gasteiger partial charge in [0, 0.05) is 5.69 Å². The lowest BCUT2D eigenvalue weighted by Crippen LogP contribution is -2.35. The van der Waals surface area contributed by atoms with Gasteiger partial charge in [-0.1, -0.05) is 13.8 Å². The SMILES string of the molecule is CC(C)c1cc(C(=O)O)cc(NCC(O)C(F)(F)F)n1. The quantitative estimate of drug-likeness (QED) is 0.775. The van der Waals surface area contributed by atoms with Gasteiger partial charge in [0.15, 0.2) is 6.10 Å². The van der Waals surface area contributed by atoms with Crippen molar-refractivity contribution in [2.75, 3.05) is 11.9 Å². The summed E-state index contributed by atoms with van der Waals surface area (Å²) in [6.07, 6.45) is -7.28. The van der Waals surface area contributed by atoms with Gasteiger partial charge in [-0.2, -0.15) is 13.2 Å². The number of hydrogen-bond acceptors (Lipinski definition) is 4. The van der Waals surface area contributed by atoms with E-state index in [4.69, 9.17) is 10.2 Å². The summed E-state index contributed by atoms with van der Waals surface area (Å²) in [5.41, 5.74) is 0.363. The Hall–Kier alpha value is -1.83. The molecule has 8 heteroatoms. The van der Waals surface area contributed by atoms with E-state index in [-0.39, 0.29) is 17.3 Å². The Balaban J connectivity index is 2.92. The first kappa shape index (κ1) is 16.2. The second-order valence-electron chi connectivity index (χ2n) is 4.56. The van der Waals surface area contributed by atoms with E-state index in [0.29, 0.717) is 5.69 Å². The fraction of sp³-hybridized carbons (Fsp3) is 0.500. The summed E-state index contributed by atoms with van der Waals surface area (Å²) >= 11 is 0. The molecule has 5 nitrogen and oxygen atoms in total. The van der Waals surface area contributed by atoms with Crippen molar-refractivity contribution < 1.29 is 28.2 Å². The highest BCUT2D eigenvalue weighted by Crippen LogP contribution is 2.21. The molecule has 0 aliphatic carbocycles. The van der Waals surface area contributed by atoms with Gasteiger partial charge in [-0.15, -0.1) is 0 Å². The number of alkyl halides is 3. The first-order valence-electron chi connectivity index (χ1n) is 5.85. The molecule has 1 aromatic heterocycles. The monoisotopic (exact) mass is 292 g/mol. The number of aliphatic hydroxyl groups excluding tert-OH is 1. The lowest BCUT2D eigenvalue weighted by Gasteiger charge is -2.16. The second-order valence-corrected chi connectivity index (χ2v) is 4.56. The largest absolute Gasteiger partial charge is 0.478 e. The average molecular weight is 292 g/mol. The highest BCUT2D eigenvalue weighted by atomic mass is 19.4. The molecular weight excluding hydrogens is 277 g/mol. The molecule has 0 saturated heterocycles. The van der Waals surface area contributed by atoms with E-state index >= 15 is 0 Å². The molecule has 0 aromatic carbocycles. The Kier molecular flexibility index (Phi) is 4.93. The van der Waals surface area contributed by atoms with Gasteiger partial charge in [-0.3, -0.25) is 0 Å². The van der Waals surface area contributed by atoms with Crippen LogP contribution in [0.1, 0.15) is 35.8 Å². The maximum atomic E-state index is 12.2. The van der Waals surface area contributed by atoms with Crippen molar-refractivity contribution in [2.24, 2.45) is 0 Å². The molecule has 0 spiro atoms. The summed E-state index contributed by atoms with van der Waals surface area (Å²) in [5.74, 6) is -1.30. The van der Waals surface area contributed by atoms with E-state index in [2.05, 4.69) is 10.3 Å². The first-order valence-corrected chi connectivity index (χ1v) is 5.85. The highest BCUT2D eigenvalue weighted by molar-refractivity contribution is 5.88. The Morgan fingerprint density at radius 1 is 1.40 bits per heavy atom. The molecule has 0 saturated carbocycles. The maximum Gasteiger partial charge on any atom is 0.416 e. The molecule has 20 heavy (non-hydrogen) atoms. The predicted molar refractivity (Wildman–Crippen MR) is 65.8 cm³/mol. The van der Waals surface area contributed by atoms with Gasteiger partial charge < -0.3 is 15.5 Å². The van der Waals surface area contributed by atoms with E-state index in [1.807, 2.05) is 0 Å². The number of carboxylic acid groups (broad SMARTS) is 1. The van der Waals surface area contributed by atoms with Gasteiger partial charge in [0.05, 0.1) is 12.1 Å². The Morgan fingerprint density at radius 2 is 2.00 bits per heavy atom. The minimum absolute atomic E-state index is 0.0168. The van der Waals surface area contributed by atoms with Crippen molar-refractivity contribution in [1.29, 1.82) is 0 Å². The Labute approximate surface area is 113 Å². The van der Waals surface area contributed by atoms with Crippen molar-refractivity contribution in [3.05, 3.63) is 23.4 Å². The lowest BCUT2D eigenvalue weighted by atomic mass is 10.1. The number of nitrogens with one attached hydrogen (secondary N) is 1. The third-order valence-electron chi connectivity index (χ3n) is 2.54. The zero-order chi connectivity index (χ0) is 15.5. The molecule has 112 valence electrons. The normalized spacial score (nSPS) is 13.3. The smallest absolute Gasteiger partial charge is 0.416 e. The van der Waals surface area contributed by atoms with Gasteiger partial charge >= 0.3 is 12.1 Å². The number of aliphatic hydroxyl groups is 1. The third kappa shape index (κ3) is 4.37. The summed E-state index contributed by atoms with van der Waals surface area (Å²) in [6.45, 7) is 2.77. The van der Waals surface area contributed by atoms with Crippen molar-refractivity contribution in [3.63, 3.8) is 0 Å². The van der Waals surface area contributed by atoms with Gasteiger partial charge in [-0.05, 0) is 18.1 Å². The minimum atomic E-state index is -4.74. The zero-order valence-corrected chi connectivity index (χ0v) is 10.9. The molecule has 1 rings (SSSR count). The highest BCUT2D eigenvalue weighted by Gasteiger charge is 2.37. The first-order chi connectivity index (χ1) is 9.11. The number of aromatic carboxylic acids is 1. The molecule has 1 heterocycles. The van der Waals surface area contributed by atoms with Crippen LogP contribution in [-0.2, 0) is 0 Å². The summed E-state index contributed by atoms with van der Waals surface area (Å²) in [6, 6.07) is 2.48. The van der Waals surface area contributed by atoms with E-state index in [1.165, 1.54) is 6.07 Å². The molecule has 0 aliphatic rings. The van der Waals surface area contributed by atoms with Crippen LogP contribution in [0, 0.1) is 0 Å². The summed E-state index contributed by atoms with van der Waals surface area (Å²) in [7, 11) is 0. The van der Waals surface area contributed by atoms with Crippen LogP contribution in [0.25, 0.3) is 0 Å². The van der Waals surface area contributed by atoms with Crippen LogP contribution in [0.15, 0.2) is 12.1 Å². The fourth-order valence-corrected chi connectivity index (χ4v) is 1.38. The number of carbonyl (C=O) groups is 1. The standard InChI is InChI=1S/C12H15F3N2O3/c1-6(2)8-3-7(11(19)20)4-10(17-8)16-5-9(18)12(13,14)15/h3-4,6,9,18H,5H2,1-2H3,(H,16,17)(H,19,20). The topological polar surface area (TPSA) is 82.5 Å². The molecule has 0 fully saturated rings. The van der Waals surface area contributed by atoms with Crippen LogP contribution in [0.3, 0.4) is 0 Å². The predicted octanol–water partition coefficient (Wildman–Crippen LogP) is 2.24. The Morgan fingerprint density at radius 3 is 2.45 bits per heavy atom. The summed E-state index contributed by atoms with van der Waals surface area (Å²) < 4.78 is 36.5. The van der Waals surface area contributed by atoms with Crippen LogP contribution < -0.4 is 5.32 Å². The number of aromatic nitrogens is 1. The van der Waals surface area contributed by atoms with Crippen molar-refractivity contribution >= 4 is 11.8 Å². The number of nitrogens with zero attached hydrogens (tertiary/aromatic N) is 1. The molecule has 0 aliphatic heterocycles. The maximum absolute atomic E-state index is 12.2. The number of carboxylic acids is 1. The number of pyridine rings is 1. The zero-order valence-electron chi connectivity index (χ0n) is 10.9. The van der Waals surface area contributed by atoms with Crippen molar-refractivity contribution in [3.8, 4) is 0 Å². The van der Waals surface area contributed by atoms with Crippen LogP contribution in [0.5, 0.6) is 0 Å². The van der Waals surface area contributed by atoms with E-state index in [1.54, 1.807) is 13.8 Å². The van der Waals surface area contributed by atoms with E-state index < -0.39 is 24.8 Å². The van der Waals surface area contributed by atoms with Gasteiger partial charge in [0.1, 0.15) is 5.82 Å². The average Bonchev–Trinajstić information content (AvgIpc) is 2.34. The molecule has 1 aromatic rings. The number of halogens is 3. The van der Waals surface area contributed by atoms with Crippen LogP contribution in [-0.4, -0.2) is 40.0 Å². The van der Waals surface area contributed by atoms with Crippen LogP contribution in [0.2, 0.25) is 0 Å². The van der Waals surface area contributed by atoms with E-state index in [9.17, 15) is 18.0 Å². The number of rotatable bonds is 5. The third-order valence-corrected chi connectivity index (χ3v) is 2.54. The van der Waals surface area contributed by atoms with Crippen LogP contribution >= 0.6 is 0 Å². The molecule has 0 bridgehead atoms. The summed E-state index contributed by atoms with van der Waals surface area (Å²) in [4.78, 5) is 15.0. The van der Waals surface area contributed by atoms with E-state index in [0.717, 1.165) is 6.07 Å². The van der Waals surface area contributed by atoms with Crippen LogP contribution in [0.4, 0.5) is 19.0 Å². The molecule has 1 unspecified atom stereocenters. The molecule has 0 amide bonds. The lowest BCUT2D eigenvalue weighted by molar-refractivity contribution is -0.198. The molecule has 1 atom stereocenters. The number of anilines is 1. The van der Waals surface area contributed by atoms with Gasteiger partial charge in [0.2, 0.25) is 0 Å². The van der Waals surface area contributed by atoms with Gasteiger partial charge in [-0.25, -0.2) is 9.78 Å². The van der Waals surface area contributed by atoms with Crippen molar-refractivity contribution in [1.82, 2.24) is 4.98 Å². The second kappa shape index (κ2) is 6.08. The molecule has 3 N–H and O–H groups in total. The fourth-order valence-electron chi connectivity index (χ4n) is 1.38. The number of hydrogen-bond donors (Lipinski definition) is 3. The van der Waals surface area contributed by atoms with Crippen molar-refractivity contribution in [2.45, 2.75) is 32.0 Å². The molecule has 0 radical (unpaired) electrons. The van der Waals surface area contributed by atoms with Gasteiger partial charge in [0.25, 0.3) is 0 Å². The summed E-state index contributed by atoms with van der Waals surface area (Å²) in [5, 5.41) is 20.1. The molecular formula is C12H15F3N2O3. The Bertz CT molecular complexity index is 489. The minimum Gasteiger partial charge on any atom is -0.478 e.